The van der Waals surface area contributed by atoms with E-state index in [2.05, 4.69) is 18.7 Å². The Labute approximate surface area is 146 Å². The molecule has 2 unspecified atom stereocenters. The molecule has 0 bridgehead atoms. The van der Waals surface area contributed by atoms with E-state index < -0.39 is 22.1 Å². The highest BCUT2D eigenvalue weighted by molar-refractivity contribution is 5.97. The third-order valence-electron chi connectivity index (χ3n) is 4.19. The van der Waals surface area contributed by atoms with Gasteiger partial charge in [-0.05, 0) is 24.3 Å². The minimum atomic E-state index is -0.820. The van der Waals surface area contributed by atoms with Gasteiger partial charge in [0.1, 0.15) is 0 Å². The zero-order valence-electron chi connectivity index (χ0n) is 13.8. The Balaban J connectivity index is 0.00000288. The quantitative estimate of drug-likeness (QED) is 0.363. The van der Waals surface area contributed by atoms with Gasteiger partial charge in [0, 0.05) is 37.7 Å². The van der Waals surface area contributed by atoms with Crippen molar-refractivity contribution in [2.45, 2.75) is 26.7 Å². The van der Waals surface area contributed by atoms with E-state index in [1.54, 1.807) is 0 Å². The number of rotatable bonds is 5. The van der Waals surface area contributed by atoms with Crippen LogP contribution in [0.2, 0.25) is 0 Å². The number of Topliss-reactive ketones (excluding diaryl/α,β-unsaturated/α-hetero) is 1. The maximum absolute atomic E-state index is 12.2. The smallest absolute Gasteiger partial charge is 0.315 e. The zero-order valence-corrected chi connectivity index (χ0v) is 14.6. The molecule has 1 aromatic rings. The van der Waals surface area contributed by atoms with Crippen LogP contribution in [0.3, 0.4) is 0 Å². The van der Waals surface area contributed by atoms with Crippen molar-refractivity contribution in [1.29, 1.82) is 0 Å². The monoisotopic (exact) mass is 358 g/mol. The summed E-state index contributed by atoms with van der Waals surface area (Å²) in [6.45, 7) is 6.85. The number of halogens is 1. The summed E-state index contributed by atoms with van der Waals surface area (Å²) in [6.07, 6.45) is 1.41. The number of hydrogen-bond acceptors (Lipinski definition) is 6. The summed E-state index contributed by atoms with van der Waals surface area (Å²) in [7, 11) is 0. The second-order valence-corrected chi connectivity index (χ2v) is 6.50. The van der Waals surface area contributed by atoms with Crippen molar-refractivity contribution in [2.75, 3.05) is 19.6 Å². The molecule has 2 atom stereocenters. The first-order valence-electron chi connectivity index (χ1n) is 7.73. The summed E-state index contributed by atoms with van der Waals surface area (Å²) in [5.41, 5.74) is -0.612. The van der Waals surface area contributed by atoms with Gasteiger partial charge in [0.2, 0.25) is 5.75 Å². The number of phenolic OH excluding ortho intramolecular Hbond substituents is 2. The number of nitrogens with zero attached hydrogens (tertiary/aromatic N) is 2. The molecule has 24 heavy (non-hydrogen) atoms. The van der Waals surface area contributed by atoms with E-state index in [0.717, 1.165) is 25.2 Å². The third kappa shape index (κ3) is 4.82. The van der Waals surface area contributed by atoms with Crippen LogP contribution in [0.25, 0.3) is 0 Å². The lowest BCUT2D eigenvalue weighted by Crippen LogP contribution is -2.39. The van der Waals surface area contributed by atoms with Gasteiger partial charge in [0.15, 0.2) is 11.5 Å². The van der Waals surface area contributed by atoms with Crippen LogP contribution in [0.4, 0.5) is 5.69 Å². The Hall–Kier alpha value is -1.86. The Morgan fingerprint density at radius 3 is 2.42 bits per heavy atom. The maximum Gasteiger partial charge on any atom is 0.315 e. The molecule has 0 amide bonds. The first-order valence-corrected chi connectivity index (χ1v) is 7.73. The molecule has 1 aliphatic heterocycles. The molecule has 0 saturated carbocycles. The van der Waals surface area contributed by atoms with Crippen LogP contribution >= 0.6 is 12.4 Å². The van der Waals surface area contributed by atoms with Gasteiger partial charge in [0.25, 0.3) is 0 Å². The first kappa shape index (κ1) is 20.2. The highest BCUT2D eigenvalue weighted by Crippen LogP contribution is 2.36. The molecule has 1 fully saturated rings. The number of ketones is 1. The summed E-state index contributed by atoms with van der Waals surface area (Å²) in [5, 5.41) is 29.8. The largest absolute Gasteiger partial charge is 0.504 e. The van der Waals surface area contributed by atoms with Gasteiger partial charge >= 0.3 is 5.69 Å². The van der Waals surface area contributed by atoms with Crippen LogP contribution in [-0.4, -0.2) is 45.5 Å². The summed E-state index contributed by atoms with van der Waals surface area (Å²) in [4.78, 5) is 24.5. The normalized spacial score (nSPS) is 21.1. The van der Waals surface area contributed by atoms with Gasteiger partial charge in [-0.15, -0.1) is 12.4 Å². The number of nitro groups is 1. The van der Waals surface area contributed by atoms with Gasteiger partial charge in [-0.25, -0.2) is 0 Å². The van der Waals surface area contributed by atoms with Crippen LogP contribution in [0.5, 0.6) is 11.5 Å². The number of benzene rings is 1. The molecule has 7 nitrogen and oxygen atoms in total. The van der Waals surface area contributed by atoms with Crippen LogP contribution < -0.4 is 0 Å². The molecule has 2 rings (SSSR count). The van der Waals surface area contributed by atoms with E-state index in [4.69, 9.17) is 0 Å². The van der Waals surface area contributed by atoms with Crippen LogP contribution in [0.15, 0.2) is 12.1 Å². The SMILES string of the molecule is CC1CC(C)CN(CCC(=O)c2cc(O)c(O)c([N+](=O)[O-])c2)C1.Cl. The number of likely N-dealkylation sites (tertiary alicyclic amines) is 1. The van der Waals surface area contributed by atoms with Gasteiger partial charge in [0.05, 0.1) is 4.92 Å². The molecule has 0 radical (unpaired) electrons. The van der Waals surface area contributed by atoms with Crippen molar-refractivity contribution in [1.82, 2.24) is 4.90 Å². The topological polar surface area (TPSA) is 104 Å². The van der Waals surface area contributed by atoms with E-state index in [1.807, 2.05) is 0 Å². The average Bonchev–Trinajstić information content (AvgIpc) is 2.46. The number of piperidine rings is 1. The molecule has 134 valence electrons. The molecule has 0 spiro atoms. The minimum absolute atomic E-state index is 0. The first-order chi connectivity index (χ1) is 10.8. The number of carbonyl (C=O) groups is 1. The molecule has 1 heterocycles. The molecule has 1 saturated heterocycles. The van der Waals surface area contributed by atoms with Gasteiger partial charge in [-0.1, -0.05) is 13.8 Å². The predicted octanol–water partition coefficient (Wildman–Crippen LogP) is 2.98. The molecule has 2 N–H and O–H groups in total. The Morgan fingerprint density at radius 2 is 1.88 bits per heavy atom. The van der Waals surface area contributed by atoms with Crippen molar-refractivity contribution in [3.8, 4) is 11.5 Å². The van der Waals surface area contributed by atoms with Crippen molar-refractivity contribution in [2.24, 2.45) is 11.8 Å². The Morgan fingerprint density at radius 1 is 1.29 bits per heavy atom. The van der Waals surface area contributed by atoms with E-state index in [1.165, 1.54) is 6.42 Å². The van der Waals surface area contributed by atoms with E-state index in [0.29, 0.717) is 18.4 Å². The summed E-state index contributed by atoms with van der Waals surface area (Å²) < 4.78 is 0. The number of aromatic hydroxyl groups is 2. The zero-order chi connectivity index (χ0) is 17.1. The fourth-order valence-electron chi connectivity index (χ4n) is 3.28. The van der Waals surface area contributed by atoms with Crippen molar-refractivity contribution < 1.29 is 19.9 Å². The second-order valence-electron chi connectivity index (χ2n) is 6.50. The Kier molecular flexibility index (Phi) is 6.98. The molecular weight excluding hydrogens is 336 g/mol. The van der Waals surface area contributed by atoms with Gasteiger partial charge in [-0.3, -0.25) is 14.9 Å². The number of phenols is 2. The third-order valence-corrected chi connectivity index (χ3v) is 4.19. The summed E-state index contributed by atoms with van der Waals surface area (Å²) in [5.74, 6) is -0.567. The highest BCUT2D eigenvalue weighted by Gasteiger charge is 2.24. The predicted molar refractivity (Wildman–Crippen MR) is 92.0 cm³/mol. The van der Waals surface area contributed by atoms with Crippen molar-refractivity contribution in [3.63, 3.8) is 0 Å². The van der Waals surface area contributed by atoms with E-state index in [-0.39, 0.29) is 30.2 Å². The number of carbonyl (C=O) groups excluding carboxylic acids is 1. The number of nitro benzene ring substituents is 1. The van der Waals surface area contributed by atoms with E-state index in [9.17, 15) is 25.1 Å². The van der Waals surface area contributed by atoms with Crippen molar-refractivity contribution >= 4 is 23.9 Å². The lowest BCUT2D eigenvalue weighted by Gasteiger charge is -2.34. The second kappa shape index (κ2) is 8.30. The van der Waals surface area contributed by atoms with Crippen LogP contribution in [0.1, 0.15) is 37.0 Å². The van der Waals surface area contributed by atoms with E-state index >= 15 is 0 Å². The fraction of sp³-hybridized carbons (Fsp3) is 0.562. The summed E-state index contributed by atoms with van der Waals surface area (Å²) >= 11 is 0. The van der Waals surface area contributed by atoms with Crippen LogP contribution in [-0.2, 0) is 0 Å². The Bertz CT molecular complexity index is 613. The molecule has 0 aromatic heterocycles. The lowest BCUT2D eigenvalue weighted by atomic mass is 9.91. The molecule has 1 aromatic carbocycles. The standard InChI is InChI=1S/C16H22N2O5.ClH/c1-10-5-11(2)9-17(8-10)4-3-14(19)12-6-13(18(22)23)16(21)15(20)7-12;/h6-7,10-11,20-21H,3-5,8-9H2,1-2H3;1H. The minimum Gasteiger partial charge on any atom is -0.504 e. The van der Waals surface area contributed by atoms with Crippen LogP contribution in [0, 0.1) is 22.0 Å². The number of hydrogen-bond donors (Lipinski definition) is 2. The average molecular weight is 359 g/mol. The maximum atomic E-state index is 12.2. The lowest BCUT2D eigenvalue weighted by molar-refractivity contribution is -0.386. The van der Waals surface area contributed by atoms with Gasteiger partial charge < -0.3 is 15.1 Å². The van der Waals surface area contributed by atoms with Gasteiger partial charge in [-0.2, -0.15) is 0 Å². The molecule has 0 aliphatic carbocycles. The molecular formula is C16H23ClN2O5. The summed E-state index contributed by atoms with van der Waals surface area (Å²) in [6, 6.07) is 2.09. The fourth-order valence-corrected chi connectivity index (χ4v) is 3.28. The molecule has 8 heteroatoms. The highest BCUT2D eigenvalue weighted by atomic mass is 35.5. The molecule has 1 aliphatic rings. The van der Waals surface area contributed by atoms with Crippen molar-refractivity contribution in [3.05, 3.63) is 27.8 Å².